The van der Waals surface area contributed by atoms with Crippen molar-refractivity contribution in [1.82, 2.24) is 4.90 Å². The van der Waals surface area contributed by atoms with Crippen molar-refractivity contribution < 1.29 is 14.3 Å². The Labute approximate surface area is 131 Å². The topological polar surface area (TPSA) is 38.8 Å². The fraction of sp³-hybridized carbons (Fsp3) is 0.500. The third-order valence-electron chi connectivity index (χ3n) is 3.06. The summed E-state index contributed by atoms with van der Waals surface area (Å²) in [6.45, 7) is 3.10. The third-order valence-corrected chi connectivity index (χ3v) is 4.65. The van der Waals surface area contributed by atoms with Crippen LogP contribution in [0.4, 0.5) is 0 Å². The number of amides is 1. The highest BCUT2D eigenvalue weighted by Crippen LogP contribution is 2.29. The quantitative estimate of drug-likeness (QED) is 0.757. The SMILES string of the molecule is COc1ccccc1OCC1SCCN1C(=O)C(C)Br. The lowest BCUT2D eigenvalue weighted by atomic mass is 10.3. The number of halogens is 1. The maximum absolute atomic E-state index is 12.1. The van der Waals surface area contributed by atoms with Crippen molar-refractivity contribution in [2.75, 3.05) is 26.0 Å². The van der Waals surface area contributed by atoms with E-state index in [0.717, 1.165) is 12.3 Å². The highest BCUT2D eigenvalue weighted by molar-refractivity contribution is 9.10. The van der Waals surface area contributed by atoms with Crippen molar-refractivity contribution in [1.29, 1.82) is 0 Å². The molecule has 20 heavy (non-hydrogen) atoms. The van der Waals surface area contributed by atoms with E-state index in [1.165, 1.54) is 0 Å². The Hall–Kier alpha value is -0.880. The number of nitrogens with zero attached hydrogens (tertiary/aromatic N) is 1. The molecule has 0 radical (unpaired) electrons. The molecule has 1 fully saturated rings. The number of thioether (sulfide) groups is 1. The number of rotatable bonds is 5. The Balaban J connectivity index is 1.97. The van der Waals surface area contributed by atoms with Crippen LogP contribution < -0.4 is 9.47 Å². The second-order valence-corrected chi connectivity index (χ2v) is 7.09. The molecule has 4 nitrogen and oxygen atoms in total. The van der Waals surface area contributed by atoms with E-state index in [1.807, 2.05) is 36.1 Å². The third kappa shape index (κ3) is 3.61. The lowest BCUT2D eigenvalue weighted by Gasteiger charge is -2.25. The smallest absolute Gasteiger partial charge is 0.237 e. The van der Waals surface area contributed by atoms with E-state index in [1.54, 1.807) is 18.9 Å². The monoisotopic (exact) mass is 359 g/mol. The van der Waals surface area contributed by atoms with Gasteiger partial charge in [-0.3, -0.25) is 4.79 Å². The van der Waals surface area contributed by atoms with Gasteiger partial charge in [-0.05, 0) is 19.1 Å². The van der Waals surface area contributed by atoms with Gasteiger partial charge in [0.15, 0.2) is 11.5 Å². The lowest BCUT2D eigenvalue weighted by Crippen LogP contribution is -2.41. The number of carbonyl (C=O) groups excluding carboxylic acids is 1. The number of methoxy groups -OCH3 is 1. The van der Waals surface area contributed by atoms with E-state index in [0.29, 0.717) is 18.1 Å². The van der Waals surface area contributed by atoms with Gasteiger partial charge in [-0.25, -0.2) is 0 Å². The molecule has 2 unspecified atom stereocenters. The summed E-state index contributed by atoms with van der Waals surface area (Å²) in [7, 11) is 1.62. The summed E-state index contributed by atoms with van der Waals surface area (Å²) in [4.78, 5) is 13.8. The zero-order valence-corrected chi connectivity index (χ0v) is 13.9. The number of hydrogen-bond donors (Lipinski definition) is 0. The van der Waals surface area contributed by atoms with Gasteiger partial charge in [0.2, 0.25) is 5.91 Å². The van der Waals surface area contributed by atoms with Crippen LogP contribution in [0.25, 0.3) is 0 Å². The van der Waals surface area contributed by atoms with Crippen LogP contribution in [0.2, 0.25) is 0 Å². The molecule has 2 rings (SSSR count). The number of hydrogen-bond acceptors (Lipinski definition) is 4. The fourth-order valence-electron chi connectivity index (χ4n) is 2.04. The molecule has 110 valence electrons. The first-order valence-electron chi connectivity index (χ1n) is 6.45. The first kappa shape index (κ1) is 15.5. The summed E-state index contributed by atoms with van der Waals surface area (Å²) in [5, 5.41) is 0.0624. The van der Waals surface area contributed by atoms with Gasteiger partial charge >= 0.3 is 0 Å². The first-order chi connectivity index (χ1) is 9.63. The van der Waals surface area contributed by atoms with Gasteiger partial charge in [-0.15, -0.1) is 11.8 Å². The second kappa shape index (κ2) is 7.22. The Morgan fingerprint density at radius 2 is 2.20 bits per heavy atom. The van der Waals surface area contributed by atoms with Crippen LogP contribution in [-0.4, -0.2) is 47.0 Å². The zero-order valence-electron chi connectivity index (χ0n) is 11.5. The Morgan fingerprint density at radius 3 is 2.85 bits per heavy atom. The van der Waals surface area contributed by atoms with Gasteiger partial charge in [0.25, 0.3) is 0 Å². The predicted octanol–water partition coefficient (Wildman–Crippen LogP) is 2.76. The summed E-state index contributed by atoms with van der Waals surface area (Å²) in [6.07, 6.45) is 0. The van der Waals surface area contributed by atoms with Gasteiger partial charge in [0.1, 0.15) is 12.0 Å². The molecule has 1 aromatic carbocycles. The van der Waals surface area contributed by atoms with Crippen LogP contribution in [0, 0.1) is 0 Å². The summed E-state index contributed by atoms with van der Waals surface area (Å²) >= 11 is 5.08. The van der Waals surface area contributed by atoms with Crippen LogP contribution in [-0.2, 0) is 4.79 Å². The Morgan fingerprint density at radius 1 is 1.50 bits per heavy atom. The van der Waals surface area contributed by atoms with Crippen molar-refractivity contribution in [2.24, 2.45) is 0 Å². The average Bonchev–Trinajstić information content (AvgIpc) is 2.92. The minimum absolute atomic E-state index is 0.0624. The summed E-state index contributed by atoms with van der Waals surface area (Å²) in [5.41, 5.74) is 0. The number of benzene rings is 1. The molecule has 0 saturated carbocycles. The molecule has 0 aliphatic carbocycles. The number of para-hydroxylation sites is 2. The van der Waals surface area contributed by atoms with Crippen molar-refractivity contribution >= 4 is 33.6 Å². The largest absolute Gasteiger partial charge is 0.493 e. The molecule has 1 aliphatic heterocycles. The van der Waals surface area contributed by atoms with Gasteiger partial charge in [-0.1, -0.05) is 28.1 Å². The molecule has 6 heteroatoms. The number of alkyl halides is 1. The number of ether oxygens (including phenoxy) is 2. The molecule has 1 aromatic rings. The van der Waals surface area contributed by atoms with Crippen molar-refractivity contribution in [3.05, 3.63) is 24.3 Å². The Bertz CT molecular complexity index is 469. The second-order valence-electron chi connectivity index (χ2n) is 4.43. The average molecular weight is 360 g/mol. The molecule has 2 atom stereocenters. The molecule has 0 aromatic heterocycles. The van der Waals surface area contributed by atoms with E-state index in [4.69, 9.17) is 9.47 Å². The van der Waals surface area contributed by atoms with Gasteiger partial charge < -0.3 is 14.4 Å². The molecule has 0 spiro atoms. The van der Waals surface area contributed by atoms with Crippen LogP contribution in [0.1, 0.15) is 6.92 Å². The van der Waals surface area contributed by atoms with Gasteiger partial charge in [0.05, 0.1) is 11.9 Å². The van der Waals surface area contributed by atoms with Crippen LogP contribution in [0.15, 0.2) is 24.3 Å². The molecule has 1 amide bonds. The van der Waals surface area contributed by atoms with Crippen molar-refractivity contribution in [2.45, 2.75) is 17.1 Å². The number of carbonyl (C=O) groups is 1. The molecule has 1 heterocycles. The maximum Gasteiger partial charge on any atom is 0.237 e. The fourth-order valence-corrected chi connectivity index (χ4v) is 3.43. The Kier molecular flexibility index (Phi) is 5.60. The normalized spacial score (nSPS) is 19.8. The highest BCUT2D eigenvalue weighted by Gasteiger charge is 2.31. The summed E-state index contributed by atoms with van der Waals surface area (Å²) < 4.78 is 11.1. The van der Waals surface area contributed by atoms with Gasteiger partial charge in [0, 0.05) is 12.3 Å². The molecule has 1 aliphatic rings. The van der Waals surface area contributed by atoms with Gasteiger partial charge in [-0.2, -0.15) is 0 Å². The minimum Gasteiger partial charge on any atom is -0.493 e. The van der Waals surface area contributed by atoms with Crippen molar-refractivity contribution in [3.8, 4) is 11.5 Å². The summed E-state index contributed by atoms with van der Waals surface area (Å²) in [6, 6.07) is 7.54. The lowest BCUT2D eigenvalue weighted by molar-refractivity contribution is -0.130. The first-order valence-corrected chi connectivity index (χ1v) is 8.42. The zero-order chi connectivity index (χ0) is 14.5. The van der Waals surface area contributed by atoms with Crippen molar-refractivity contribution in [3.63, 3.8) is 0 Å². The molecule has 0 bridgehead atoms. The van der Waals surface area contributed by atoms with Crippen LogP contribution in [0.5, 0.6) is 11.5 Å². The highest BCUT2D eigenvalue weighted by atomic mass is 79.9. The van der Waals surface area contributed by atoms with E-state index < -0.39 is 0 Å². The van der Waals surface area contributed by atoms with Crippen LogP contribution in [0.3, 0.4) is 0 Å². The minimum atomic E-state index is -0.157. The molecule has 0 N–H and O–H groups in total. The molecular weight excluding hydrogens is 342 g/mol. The van der Waals surface area contributed by atoms with E-state index in [2.05, 4.69) is 15.9 Å². The summed E-state index contributed by atoms with van der Waals surface area (Å²) in [5.74, 6) is 2.48. The standard InChI is InChI=1S/C14H18BrNO3S/c1-10(15)14(17)16-7-8-20-13(16)9-19-12-6-4-3-5-11(12)18-2/h3-6,10,13H,7-9H2,1-2H3. The van der Waals surface area contributed by atoms with E-state index >= 15 is 0 Å². The van der Waals surface area contributed by atoms with Crippen LogP contribution >= 0.6 is 27.7 Å². The molecular formula is C14H18BrNO3S. The maximum atomic E-state index is 12.1. The van der Waals surface area contributed by atoms with E-state index in [9.17, 15) is 4.79 Å². The molecule has 1 saturated heterocycles. The predicted molar refractivity (Wildman–Crippen MR) is 84.8 cm³/mol. The van der Waals surface area contributed by atoms with E-state index in [-0.39, 0.29) is 16.1 Å².